The van der Waals surface area contributed by atoms with Crippen LogP contribution in [0.3, 0.4) is 0 Å². The van der Waals surface area contributed by atoms with Gasteiger partial charge in [-0.1, -0.05) is 13.8 Å². The zero-order valence-electron chi connectivity index (χ0n) is 13.5. The third-order valence-corrected chi connectivity index (χ3v) is 2.77. The van der Waals surface area contributed by atoms with Gasteiger partial charge in [-0.05, 0) is 12.1 Å². The zero-order valence-corrected chi connectivity index (χ0v) is 13.5. The average molecular weight is 352 g/mol. The summed E-state index contributed by atoms with van der Waals surface area (Å²) in [6.45, 7) is 4.09. The molecule has 6 nitrogen and oxygen atoms in total. The summed E-state index contributed by atoms with van der Waals surface area (Å²) in [7, 11) is 0. The Labute approximate surface area is 141 Å². The highest BCUT2D eigenvalue weighted by atomic mass is 19.3. The van der Waals surface area contributed by atoms with Crippen LogP contribution in [-0.2, 0) is 6.61 Å². The molecule has 0 radical (unpaired) electrons. The summed E-state index contributed by atoms with van der Waals surface area (Å²) < 4.78 is 47.9. The predicted molar refractivity (Wildman–Crippen MR) is 82.4 cm³/mol. The third kappa shape index (κ3) is 5.00. The third-order valence-electron chi connectivity index (χ3n) is 2.77. The average Bonchev–Trinajstić information content (AvgIpc) is 3.13. The topological polar surface area (TPSA) is 73.9 Å². The van der Waals surface area contributed by atoms with Gasteiger partial charge in [-0.25, -0.2) is 4.39 Å². The Kier molecular flexibility index (Phi) is 6.44. The molecule has 25 heavy (non-hydrogen) atoms. The van der Waals surface area contributed by atoms with Gasteiger partial charge in [-0.2, -0.15) is 8.78 Å². The lowest BCUT2D eigenvalue weighted by Crippen LogP contribution is -1.98. The highest BCUT2D eigenvalue weighted by molar-refractivity contribution is 5.50. The van der Waals surface area contributed by atoms with Crippen molar-refractivity contribution in [3.63, 3.8) is 0 Å². The second kappa shape index (κ2) is 8.76. The van der Waals surface area contributed by atoms with Crippen LogP contribution >= 0.6 is 0 Å². The van der Waals surface area contributed by atoms with Crippen LogP contribution in [-0.4, -0.2) is 20.2 Å². The lowest BCUT2D eigenvalue weighted by Gasteiger charge is -2.05. The van der Waals surface area contributed by atoms with Gasteiger partial charge in [0, 0.05) is 12.3 Å². The molecular formula is C16H15F3N4O2. The molecule has 3 rings (SSSR count). The number of ether oxygens (including phenoxy) is 1. The van der Waals surface area contributed by atoms with Gasteiger partial charge in [0.15, 0.2) is 0 Å². The zero-order chi connectivity index (χ0) is 18.2. The highest BCUT2D eigenvalue weighted by Gasteiger charge is 2.17. The van der Waals surface area contributed by atoms with Crippen LogP contribution < -0.4 is 4.74 Å². The van der Waals surface area contributed by atoms with E-state index in [1.165, 1.54) is 18.5 Å². The lowest BCUT2D eigenvalue weighted by atomic mass is 10.2. The fourth-order valence-electron chi connectivity index (χ4n) is 1.70. The van der Waals surface area contributed by atoms with E-state index in [2.05, 4.69) is 20.2 Å². The molecule has 0 saturated heterocycles. The molecule has 0 unspecified atom stereocenters. The van der Waals surface area contributed by atoms with Gasteiger partial charge >= 0.3 is 6.43 Å². The van der Waals surface area contributed by atoms with E-state index in [1.54, 1.807) is 12.1 Å². The van der Waals surface area contributed by atoms with Gasteiger partial charge in [0.25, 0.3) is 5.89 Å². The van der Waals surface area contributed by atoms with Gasteiger partial charge in [-0.15, -0.1) is 10.2 Å². The molecule has 0 N–H and O–H groups in total. The maximum absolute atomic E-state index is 13.0. The fourth-order valence-corrected chi connectivity index (χ4v) is 1.70. The first kappa shape index (κ1) is 18.4. The Morgan fingerprint density at radius 1 is 1.12 bits per heavy atom. The first-order valence-electron chi connectivity index (χ1n) is 7.42. The predicted octanol–water partition coefficient (Wildman–Crippen LogP) is 4.21. The molecular weight excluding hydrogens is 337 g/mol. The number of halogens is 3. The fraction of sp³-hybridized carbons (Fsp3) is 0.250. The number of rotatable bonds is 5. The Bertz CT molecular complexity index is 794. The van der Waals surface area contributed by atoms with Crippen molar-refractivity contribution in [2.24, 2.45) is 0 Å². The van der Waals surface area contributed by atoms with Gasteiger partial charge in [-0.3, -0.25) is 9.97 Å². The molecule has 0 atom stereocenters. The summed E-state index contributed by atoms with van der Waals surface area (Å²) in [5.74, 6) is -1.02. The minimum absolute atomic E-state index is 0.0467. The number of nitrogens with zero attached hydrogens (tertiary/aromatic N) is 4. The molecule has 0 spiro atoms. The lowest BCUT2D eigenvalue weighted by molar-refractivity contribution is 0.116. The molecule has 0 aliphatic rings. The van der Waals surface area contributed by atoms with E-state index in [-0.39, 0.29) is 18.2 Å². The molecule has 0 amide bonds. The summed E-state index contributed by atoms with van der Waals surface area (Å²) >= 11 is 0. The van der Waals surface area contributed by atoms with Crippen molar-refractivity contribution in [2.75, 3.05) is 0 Å². The SMILES string of the molecule is CC.Fc1cncc(OCc2ccc(-c3nnc(C(F)F)o3)cn2)c1. The monoisotopic (exact) mass is 352 g/mol. The van der Waals surface area contributed by atoms with Crippen LogP contribution in [0.4, 0.5) is 13.2 Å². The van der Waals surface area contributed by atoms with Gasteiger partial charge in [0.2, 0.25) is 5.89 Å². The number of pyridine rings is 2. The Morgan fingerprint density at radius 3 is 2.52 bits per heavy atom. The molecule has 0 fully saturated rings. The van der Waals surface area contributed by atoms with Crippen LogP contribution in [0, 0.1) is 5.82 Å². The maximum atomic E-state index is 13.0. The molecule has 9 heteroatoms. The molecule has 132 valence electrons. The van der Waals surface area contributed by atoms with Crippen molar-refractivity contribution in [3.05, 3.63) is 54.2 Å². The van der Waals surface area contributed by atoms with E-state index >= 15 is 0 Å². The van der Waals surface area contributed by atoms with Crippen molar-refractivity contribution in [2.45, 2.75) is 26.9 Å². The second-order valence-electron chi connectivity index (χ2n) is 4.41. The number of aromatic nitrogens is 4. The second-order valence-corrected chi connectivity index (χ2v) is 4.41. The largest absolute Gasteiger partial charge is 0.486 e. The van der Waals surface area contributed by atoms with E-state index in [9.17, 15) is 13.2 Å². The van der Waals surface area contributed by atoms with Crippen LogP contribution in [0.15, 0.2) is 41.2 Å². The smallest absolute Gasteiger partial charge is 0.314 e. The molecule has 0 saturated carbocycles. The minimum atomic E-state index is -2.82. The van der Waals surface area contributed by atoms with Crippen molar-refractivity contribution in [3.8, 4) is 17.2 Å². The summed E-state index contributed by atoms with van der Waals surface area (Å²) in [6, 6.07) is 4.39. The molecule has 3 aromatic rings. The Hall–Kier alpha value is -2.97. The molecule has 0 aromatic carbocycles. The standard InChI is InChI=1S/C14H9F3N4O2.C2H6/c15-9-3-11(6-18-5-9)22-7-10-2-1-8(4-19-10)13-20-21-14(23-13)12(16)17;1-2/h1-6,12H,7H2;1-2H3. The summed E-state index contributed by atoms with van der Waals surface area (Å²) in [6.07, 6.45) is 1.02. The molecule has 0 aliphatic carbocycles. The Morgan fingerprint density at radius 2 is 1.92 bits per heavy atom. The number of hydrogen-bond acceptors (Lipinski definition) is 6. The number of alkyl halides is 2. The normalized spacial score (nSPS) is 10.3. The van der Waals surface area contributed by atoms with Crippen LogP contribution in [0.5, 0.6) is 5.75 Å². The van der Waals surface area contributed by atoms with E-state index in [4.69, 9.17) is 9.15 Å². The van der Waals surface area contributed by atoms with Crippen molar-refractivity contribution in [1.29, 1.82) is 0 Å². The van der Waals surface area contributed by atoms with E-state index in [0.717, 1.165) is 6.20 Å². The van der Waals surface area contributed by atoms with Crippen molar-refractivity contribution >= 4 is 0 Å². The van der Waals surface area contributed by atoms with E-state index in [1.807, 2.05) is 13.8 Å². The Balaban J connectivity index is 0.00000109. The summed E-state index contributed by atoms with van der Waals surface area (Å²) in [5, 5.41) is 6.76. The molecule has 3 heterocycles. The summed E-state index contributed by atoms with van der Waals surface area (Å²) in [5.41, 5.74) is 0.951. The minimum Gasteiger partial charge on any atom is -0.486 e. The van der Waals surface area contributed by atoms with Crippen molar-refractivity contribution in [1.82, 2.24) is 20.2 Å². The molecule has 0 bridgehead atoms. The first-order valence-corrected chi connectivity index (χ1v) is 7.42. The highest BCUT2D eigenvalue weighted by Crippen LogP contribution is 2.22. The van der Waals surface area contributed by atoms with Crippen LogP contribution in [0.25, 0.3) is 11.5 Å². The quantitative estimate of drug-likeness (QED) is 0.685. The van der Waals surface area contributed by atoms with Gasteiger partial charge < -0.3 is 9.15 Å². The molecule has 0 aliphatic heterocycles. The summed E-state index contributed by atoms with van der Waals surface area (Å²) in [4.78, 5) is 7.75. The van der Waals surface area contributed by atoms with Gasteiger partial charge in [0.1, 0.15) is 18.2 Å². The van der Waals surface area contributed by atoms with Crippen LogP contribution in [0.1, 0.15) is 31.9 Å². The molecule has 3 aromatic heterocycles. The van der Waals surface area contributed by atoms with Gasteiger partial charge in [0.05, 0.1) is 23.7 Å². The van der Waals surface area contributed by atoms with Crippen molar-refractivity contribution < 1.29 is 22.3 Å². The van der Waals surface area contributed by atoms with E-state index < -0.39 is 18.1 Å². The number of hydrogen-bond donors (Lipinski definition) is 0. The van der Waals surface area contributed by atoms with Crippen LogP contribution in [0.2, 0.25) is 0 Å². The maximum Gasteiger partial charge on any atom is 0.314 e. The van der Waals surface area contributed by atoms with E-state index in [0.29, 0.717) is 11.3 Å². The first-order chi connectivity index (χ1) is 12.1.